The maximum Gasteiger partial charge on any atom is 0.258 e. The Morgan fingerprint density at radius 1 is 1.00 bits per heavy atom. The van der Waals surface area contributed by atoms with Crippen LogP contribution in [0.15, 0.2) is 71.6 Å². The van der Waals surface area contributed by atoms with Gasteiger partial charge in [0.25, 0.3) is 5.91 Å². The Kier molecular flexibility index (Phi) is 6.72. The number of thioether (sulfide) groups is 1. The first-order valence-corrected chi connectivity index (χ1v) is 11.7. The van der Waals surface area contributed by atoms with Crippen molar-refractivity contribution < 1.29 is 14.3 Å². The number of methoxy groups -OCH3 is 1. The minimum absolute atomic E-state index is 0.132. The van der Waals surface area contributed by atoms with Gasteiger partial charge in [0.05, 0.1) is 23.1 Å². The van der Waals surface area contributed by atoms with Crippen LogP contribution in [0.25, 0.3) is 10.2 Å². The molecule has 0 bridgehead atoms. The van der Waals surface area contributed by atoms with Crippen LogP contribution in [0.5, 0.6) is 5.75 Å². The number of thiazole rings is 1. The molecule has 4 aromatic rings. The summed E-state index contributed by atoms with van der Waals surface area (Å²) in [5.41, 5.74) is 3.08. The van der Waals surface area contributed by atoms with Gasteiger partial charge in [0.1, 0.15) is 11.3 Å². The molecule has 2 amide bonds. The lowest BCUT2D eigenvalue weighted by molar-refractivity contribution is -0.113. The lowest BCUT2D eigenvalue weighted by Gasteiger charge is -2.09. The molecule has 0 fully saturated rings. The fourth-order valence-electron chi connectivity index (χ4n) is 3.06. The van der Waals surface area contributed by atoms with Crippen LogP contribution in [-0.2, 0) is 4.79 Å². The number of hydrogen-bond donors (Lipinski definition) is 2. The normalized spacial score (nSPS) is 10.7. The van der Waals surface area contributed by atoms with Crippen molar-refractivity contribution in [3.8, 4) is 5.75 Å². The van der Waals surface area contributed by atoms with Crippen molar-refractivity contribution in [1.29, 1.82) is 0 Å². The van der Waals surface area contributed by atoms with Crippen LogP contribution >= 0.6 is 23.1 Å². The summed E-state index contributed by atoms with van der Waals surface area (Å²) in [7, 11) is 1.59. The van der Waals surface area contributed by atoms with E-state index in [-0.39, 0.29) is 17.6 Å². The molecular formula is C24H21N3O3S2. The number of para-hydroxylation sites is 1. The Morgan fingerprint density at radius 3 is 2.56 bits per heavy atom. The highest BCUT2D eigenvalue weighted by molar-refractivity contribution is 8.00. The average molecular weight is 464 g/mol. The molecule has 1 heterocycles. The molecule has 0 aliphatic rings. The van der Waals surface area contributed by atoms with E-state index in [1.165, 1.54) is 23.1 Å². The van der Waals surface area contributed by atoms with Gasteiger partial charge in [-0.2, -0.15) is 0 Å². The third-order valence-corrected chi connectivity index (χ3v) is 6.66. The van der Waals surface area contributed by atoms with E-state index in [2.05, 4.69) is 15.6 Å². The minimum Gasteiger partial charge on any atom is -0.494 e. The molecule has 4 rings (SSSR count). The van der Waals surface area contributed by atoms with Gasteiger partial charge in [-0.05, 0) is 43.3 Å². The standard InChI is InChI=1S/C24H21N3O3S2/c1-15-10-12-16(13-11-15)25-21(28)14-31-19-8-4-3-6-17(19)23(29)27-24-26-22-18(30-2)7-5-9-20(22)32-24/h3-13H,14H2,1-2H3,(H,25,28)(H,26,27,29). The Bertz CT molecular complexity index is 1270. The van der Waals surface area contributed by atoms with E-state index in [4.69, 9.17) is 4.74 Å². The molecule has 0 unspecified atom stereocenters. The lowest BCUT2D eigenvalue weighted by atomic mass is 10.2. The van der Waals surface area contributed by atoms with Crippen LogP contribution in [-0.4, -0.2) is 29.7 Å². The summed E-state index contributed by atoms with van der Waals surface area (Å²) in [5.74, 6) is 0.448. The van der Waals surface area contributed by atoms with Gasteiger partial charge in [0.15, 0.2) is 5.13 Å². The first-order valence-electron chi connectivity index (χ1n) is 9.87. The number of fused-ring (bicyclic) bond motifs is 1. The zero-order valence-electron chi connectivity index (χ0n) is 17.5. The van der Waals surface area contributed by atoms with Crippen LogP contribution in [0.2, 0.25) is 0 Å². The largest absolute Gasteiger partial charge is 0.494 e. The van der Waals surface area contributed by atoms with Crippen LogP contribution < -0.4 is 15.4 Å². The number of rotatable bonds is 7. The molecule has 0 saturated carbocycles. The number of nitrogens with one attached hydrogen (secondary N) is 2. The average Bonchev–Trinajstić information content (AvgIpc) is 3.22. The highest BCUT2D eigenvalue weighted by Crippen LogP contribution is 2.32. The number of amides is 2. The number of aromatic nitrogens is 1. The second-order valence-corrected chi connectivity index (χ2v) is 9.03. The van der Waals surface area contributed by atoms with Crippen molar-refractivity contribution >= 4 is 55.9 Å². The Labute approximate surface area is 194 Å². The number of carbonyl (C=O) groups is 2. The van der Waals surface area contributed by atoms with E-state index >= 15 is 0 Å². The minimum atomic E-state index is -0.273. The molecule has 8 heteroatoms. The van der Waals surface area contributed by atoms with Crippen LogP contribution in [0.4, 0.5) is 10.8 Å². The first kappa shape index (κ1) is 21.9. The molecular weight excluding hydrogens is 442 g/mol. The molecule has 2 N–H and O–H groups in total. The molecule has 0 aliphatic heterocycles. The first-order chi connectivity index (χ1) is 15.5. The summed E-state index contributed by atoms with van der Waals surface area (Å²) >= 11 is 2.70. The van der Waals surface area contributed by atoms with E-state index in [1.807, 2.05) is 61.5 Å². The number of aryl methyl sites for hydroxylation is 1. The molecule has 0 atom stereocenters. The van der Waals surface area contributed by atoms with Gasteiger partial charge in [-0.15, -0.1) is 11.8 Å². The monoisotopic (exact) mass is 463 g/mol. The molecule has 1 aromatic heterocycles. The molecule has 6 nitrogen and oxygen atoms in total. The molecule has 0 saturated heterocycles. The smallest absolute Gasteiger partial charge is 0.258 e. The highest BCUT2D eigenvalue weighted by Gasteiger charge is 2.16. The molecule has 32 heavy (non-hydrogen) atoms. The van der Waals surface area contributed by atoms with Gasteiger partial charge in [-0.25, -0.2) is 4.98 Å². The summed E-state index contributed by atoms with van der Waals surface area (Å²) in [6, 6.07) is 20.5. The number of nitrogens with zero attached hydrogens (tertiary/aromatic N) is 1. The van der Waals surface area contributed by atoms with Crippen molar-refractivity contribution in [2.75, 3.05) is 23.5 Å². The second-order valence-electron chi connectivity index (χ2n) is 6.98. The molecule has 162 valence electrons. The van der Waals surface area contributed by atoms with E-state index in [1.54, 1.807) is 19.2 Å². The lowest BCUT2D eigenvalue weighted by Crippen LogP contribution is -2.15. The van der Waals surface area contributed by atoms with Crippen molar-refractivity contribution in [2.45, 2.75) is 11.8 Å². The summed E-state index contributed by atoms with van der Waals surface area (Å²) in [4.78, 5) is 30.5. The van der Waals surface area contributed by atoms with Gasteiger partial charge in [-0.1, -0.05) is 47.2 Å². The van der Waals surface area contributed by atoms with E-state index in [9.17, 15) is 9.59 Å². The molecule has 0 aliphatic carbocycles. The van der Waals surface area contributed by atoms with Gasteiger partial charge in [-0.3, -0.25) is 14.9 Å². The highest BCUT2D eigenvalue weighted by atomic mass is 32.2. The SMILES string of the molecule is COc1cccc2sc(NC(=O)c3ccccc3SCC(=O)Nc3ccc(C)cc3)nc12. The summed E-state index contributed by atoms with van der Waals surface area (Å²) in [5, 5.41) is 6.24. The maximum atomic E-state index is 12.9. The number of hydrogen-bond acceptors (Lipinski definition) is 6. The molecule has 0 radical (unpaired) electrons. The topological polar surface area (TPSA) is 80.3 Å². The van der Waals surface area contributed by atoms with Crippen LogP contribution in [0.1, 0.15) is 15.9 Å². The van der Waals surface area contributed by atoms with E-state index in [0.717, 1.165) is 20.8 Å². The Hall–Kier alpha value is -3.36. The number of benzene rings is 3. The van der Waals surface area contributed by atoms with Crippen molar-refractivity contribution in [3.63, 3.8) is 0 Å². The van der Waals surface area contributed by atoms with Gasteiger partial charge >= 0.3 is 0 Å². The van der Waals surface area contributed by atoms with Crippen LogP contribution in [0, 0.1) is 6.92 Å². The fourth-order valence-corrected chi connectivity index (χ4v) is 4.79. The maximum absolute atomic E-state index is 12.9. The summed E-state index contributed by atoms with van der Waals surface area (Å²) < 4.78 is 6.27. The number of anilines is 2. The number of carbonyl (C=O) groups excluding carboxylic acids is 2. The van der Waals surface area contributed by atoms with Gasteiger partial charge in [0, 0.05) is 10.6 Å². The Morgan fingerprint density at radius 2 is 1.78 bits per heavy atom. The predicted octanol–water partition coefficient (Wildman–Crippen LogP) is 5.60. The second kappa shape index (κ2) is 9.84. The Balaban J connectivity index is 1.44. The van der Waals surface area contributed by atoms with Gasteiger partial charge in [0.2, 0.25) is 5.91 Å². The number of ether oxygens (including phenoxy) is 1. The van der Waals surface area contributed by atoms with Crippen molar-refractivity contribution in [3.05, 3.63) is 77.9 Å². The fraction of sp³-hybridized carbons (Fsp3) is 0.125. The zero-order chi connectivity index (χ0) is 22.5. The van der Waals surface area contributed by atoms with Gasteiger partial charge < -0.3 is 10.1 Å². The summed E-state index contributed by atoms with van der Waals surface area (Å²) in [6.45, 7) is 1.99. The van der Waals surface area contributed by atoms with E-state index < -0.39 is 0 Å². The third kappa shape index (κ3) is 5.09. The third-order valence-electron chi connectivity index (χ3n) is 4.65. The molecule has 0 spiro atoms. The quantitative estimate of drug-likeness (QED) is 0.349. The van der Waals surface area contributed by atoms with Crippen molar-refractivity contribution in [1.82, 2.24) is 4.98 Å². The van der Waals surface area contributed by atoms with E-state index in [0.29, 0.717) is 22.0 Å². The van der Waals surface area contributed by atoms with Crippen molar-refractivity contribution in [2.24, 2.45) is 0 Å². The zero-order valence-corrected chi connectivity index (χ0v) is 19.2. The predicted molar refractivity (Wildman–Crippen MR) is 131 cm³/mol. The summed E-state index contributed by atoms with van der Waals surface area (Å²) in [6.07, 6.45) is 0. The van der Waals surface area contributed by atoms with Crippen LogP contribution in [0.3, 0.4) is 0 Å². The molecule has 3 aromatic carbocycles.